The van der Waals surface area contributed by atoms with Gasteiger partial charge in [-0.05, 0) is 19.3 Å². The molecule has 0 aromatic carbocycles. The zero-order valence-electron chi connectivity index (χ0n) is 5.91. The molecule has 1 atom stereocenters. The lowest BCUT2D eigenvalue weighted by Crippen LogP contribution is -2.22. The summed E-state index contributed by atoms with van der Waals surface area (Å²) in [5.74, 6) is 0. The molecule has 58 valence electrons. The standard InChI is InChI=1S/C7H12O3/c8-4-6-10-7-3-1-2-5-9-7/h4,7H,1-3,5-6H2/t7-/m0/s1. The third-order valence-corrected chi connectivity index (χ3v) is 1.49. The molecule has 0 spiro atoms. The molecule has 0 amide bonds. The Hall–Kier alpha value is -0.410. The quantitative estimate of drug-likeness (QED) is 0.548. The van der Waals surface area contributed by atoms with E-state index in [1.165, 1.54) is 0 Å². The maximum Gasteiger partial charge on any atom is 0.158 e. The predicted molar refractivity (Wildman–Crippen MR) is 35.6 cm³/mol. The third kappa shape index (κ3) is 2.45. The number of hydrogen-bond acceptors (Lipinski definition) is 3. The second kappa shape index (κ2) is 4.41. The maximum absolute atomic E-state index is 9.87. The second-order valence-electron chi connectivity index (χ2n) is 2.30. The van der Waals surface area contributed by atoms with E-state index in [9.17, 15) is 4.79 Å². The Labute approximate surface area is 60.3 Å². The van der Waals surface area contributed by atoms with Crippen molar-refractivity contribution < 1.29 is 14.3 Å². The van der Waals surface area contributed by atoms with Crippen LogP contribution in [0.25, 0.3) is 0 Å². The fourth-order valence-electron chi connectivity index (χ4n) is 0.989. The van der Waals surface area contributed by atoms with Gasteiger partial charge < -0.3 is 14.3 Å². The SMILES string of the molecule is O=CCO[C@H]1CCCCO1. The van der Waals surface area contributed by atoms with Crippen molar-refractivity contribution in [3.63, 3.8) is 0 Å². The average Bonchev–Trinajstić information content (AvgIpc) is 2.03. The molecule has 10 heavy (non-hydrogen) atoms. The van der Waals surface area contributed by atoms with Crippen molar-refractivity contribution in [1.82, 2.24) is 0 Å². The minimum Gasteiger partial charge on any atom is -0.353 e. The molecule has 1 aliphatic rings. The fraction of sp³-hybridized carbons (Fsp3) is 0.857. The van der Waals surface area contributed by atoms with Gasteiger partial charge in [-0.1, -0.05) is 0 Å². The molecule has 0 unspecified atom stereocenters. The van der Waals surface area contributed by atoms with Crippen molar-refractivity contribution >= 4 is 6.29 Å². The van der Waals surface area contributed by atoms with Gasteiger partial charge in [-0.25, -0.2) is 0 Å². The van der Waals surface area contributed by atoms with Gasteiger partial charge in [0.15, 0.2) is 6.29 Å². The van der Waals surface area contributed by atoms with Gasteiger partial charge in [0.25, 0.3) is 0 Å². The van der Waals surface area contributed by atoms with Gasteiger partial charge in [0.2, 0.25) is 0 Å². The molecule has 3 heteroatoms. The first kappa shape index (κ1) is 7.69. The highest BCUT2D eigenvalue weighted by atomic mass is 16.7. The highest BCUT2D eigenvalue weighted by Gasteiger charge is 2.12. The molecule has 0 bridgehead atoms. The molecule has 0 saturated carbocycles. The van der Waals surface area contributed by atoms with Gasteiger partial charge in [-0.15, -0.1) is 0 Å². The van der Waals surface area contributed by atoms with Crippen molar-refractivity contribution in [2.24, 2.45) is 0 Å². The molecule has 1 aliphatic heterocycles. The van der Waals surface area contributed by atoms with E-state index in [-0.39, 0.29) is 12.9 Å². The van der Waals surface area contributed by atoms with E-state index >= 15 is 0 Å². The van der Waals surface area contributed by atoms with Crippen LogP contribution in [0, 0.1) is 0 Å². The van der Waals surface area contributed by atoms with E-state index in [0.717, 1.165) is 32.2 Å². The molecule has 0 N–H and O–H groups in total. The number of rotatable bonds is 3. The minimum absolute atomic E-state index is 0.126. The van der Waals surface area contributed by atoms with Gasteiger partial charge in [0, 0.05) is 6.61 Å². The summed E-state index contributed by atoms with van der Waals surface area (Å²) in [7, 11) is 0. The van der Waals surface area contributed by atoms with Crippen LogP contribution in [-0.2, 0) is 14.3 Å². The number of ether oxygens (including phenoxy) is 2. The molecule has 0 radical (unpaired) electrons. The number of hydrogen-bond donors (Lipinski definition) is 0. The number of carbonyl (C=O) groups excluding carboxylic acids is 1. The van der Waals surface area contributed by atoms with Crippen LogP contribution in [0.2, 0.25) is 0 Å². The number of carbonyl (C=O) groups is 1. The van der Waals surface area contributed by atoms with E-state index in [0.29, 0.717) is 0 Å². The Morgan fingerprint density at radius 1 is 1.60 bits per heavy atom. The van der Waals surface area contributed by atoms with E-state index in [1.54, 1.807) is 0 Å². The lowest BCUT2D eigenvalue weighted by atomic mass is 10.2. The van der Waals surface area contributed by atoms with Crippen molar-refractivity contribution in [3.8, 4) is 0 Å². The molecule has 1 heterocycles. The second-order valence-corrected chi connectivity index (χ2v) is 2.30. The van der Waals surface area contributed by atoms with Crippen molar-refractivity contribution in [1.29, 1.82) is 0 Å². The summed E-state index contributed by atoms with van der Waals surface area (Å²) in [6, 6.07) is 0. The highest BCUT2D eigenvalue weighted by Crippen LogP contribution is 2.12. The first-order chi connectivity index (χ1) is 4.93. The minimum atomic E-state index is -0.126. The summed E-state index contributed by atoms with van der Waals surface area (Å²) in [6.07, 6.45) is 3.80. The molecule has 1 rings (SSSR count). The lowest BCUT2D eigenvalue weighted by Gasteiger charge is -2.21. The average molecular weight is 144 g/mol. The Balaban J connectivity index is 2.07. The first-order valence-corrected chi connectivity index (χ1v) is 3.60. The van der Waals surface area contributed by atoms with Crippen LogP contribution in [-0.4, -0.2) is 25.8 Å². The van der Waals surface area contributed by atoms with Crippen LogP contribution in [0.5, 0.6) is 0 Å². The largest absolute Gasteiger partial charge is 0.353 e. The van der Waals surface area contributed by atoms with E-state index in [1.807, 2.05) is 0 Å². The van der Waals surface area contributed by atoms with Crippen molar-refractivity contribution in [3.05, 3.63) is 0 Å². The van der Waals surface area contributed by atoms with Crippen LogP contribution in [0.3, 0.4) is 0 Å². The Morgan fingerprint density at radius 3 is 3.10 bits per heavy atom. The topological polar surface area (TPSA) is 35.5 Å². The molecule has 0 aliphatic carbocycles. The van der Waals surface area contributed by atoms with Gasteiger partial charge >= 0.3 is 0 Å². The monoisotopic (exact) mass is 144 g/mol. The Kier molecular flexibility index (Phi) is 3.40. The van der Waals surface area contributed by atoms with Crippen LogP contribution < -0.4 is 0 Å². The first-order valence-electron chi connectivity index (χ1n) is 3.60. The van der Waals surface area contributed by atoms with Crippen molar-refractivity contribution in [2.75, 3.05) is 13.2 Å². The molecule has 0 aromatic heterocycles. The van der Waals surface area contributed by atoms with E-state index in [4.69, 9.17) is 9.47 Å². The normalized spacial score (nSPS) is 26.2. The van der Waals surface area contributed by atoms with Gasteiger partial charge in [0.1, 0.15) is 12.9 Å². The molecule has 0 aromatic rings. The molecule has 1 saturated heterocycles. The van der Waals surface area contributed by atoms with Gasteiger partial charge in [-0.3, -0.25) is 0 Å². The van der Waals surface area contributed by atoms with Gasteiger partial charge in [-0.2, -0.15) is 0 Å². The third-order valence-electron chi connectivity index (χ3n) is 1.49. The molecule has 3 nitrogen and oxygen atoms in total. The van der Waals surface area contributed by atoms with Crippen LogP contribution >= 0.6 is 0 Å². The highest BCUT2D eigenvalue weighted by molar-refractivity contribution is 5.50. The fourth-order valence-corrected chi connectivity index (χ4v) is 0.989. The summed E-state index contributed by atoms with van der Waals surface area (Å²) in [5, 5.41) is 0. The van der Waals surface area contributed by atoms with Crippen LogP contribution in [0.4, 0.5) is 0 Å². The summed E-state index contributed by atoms with van der Waals surface area (Å²) in [5.41, 5.74) is 0. The van der Waals surface area contributed by atoms with Gasteiger partial charge in [0.05, 0.1) is 0 Å². The Bertz CT molecular complexity index is 97.0. The maximum atomic E-state index is 9.87. The zero-order valence-corrected chi connectivity index (χ0v) is 5.91. The zero-order chi connectivity index (χ0) is 7.23. The summed E-state index contributed by atoms with van der Waals surface area (Å²) in [6.45, 7) is 0.925. The number of aldehydes is 1. The molecule has 1 fully saturated rings. The summed E-state index contributed by atoms with van der Waals surface area (Å²) >= 11 is 0. The summed E-state index contributed by atoms with van der Waals surface area (Å²) in [4.78, 5) is 9.87. The smallest absolute Gasteiger partial charge is 0.158 e. The molecular weight excluding hydrogens is 132 g/mol. The molecular formula is C7H12O3. The van der Waals surface area contributed by atoms with E-state index < -0.39 is 0 Å². The summed E-state index contributed by atoms with van der Waals surface area (Å²) < 4.78 is 10.2. The van der Waals surface area contributed by atoms with Crippen LogP contribution in [0.1, 0.15) is 19.3 Å². The van der Waals surface area contributed by atoms with Crippen LogP contribution in [0.15, 0.2) is 0 Å². The predicted octanol–water partition coefficient (Wildman–Crippen LogP) is 0.729. The lowest BCUT2D eigenvalue weighted by molar-refractivity contribution is -0.164. The Morgan fingerprint density at radius 2 is 2.50 bits per heavy atom. The van der Waals surface area contributed by atoms with E-state index in [2.05, 4.69) is 0 Å². The van der Waals surface area contributed by atoms with Crippen molar-refractivity contribution in [2.45, 2.75) is 25.6 Å².